The first kappa shape index (κ1) is 21.3. The highest BCUT2D eigenvalue weighted by atomic mass is 16.2. The molecule has 4 heteroatoms. The van der Waals surface area contributed by atoms with Gasteiger partial charge in [-0.25, -0.2) is 0 Å². The van der Waals surface area contributed by atoms with Crippen molar-refractivity contribution in [3.05, 3.63) is 96.1 Å². The molecule has 0 heterocycles. The van der Waals surface area contributed by atoms with Gasteiger partial charge in [0, 0.05) is 24.2 Å². The standard InChI is InChI=1S/C26H28N2O2/c29-25(15-7-13-21-9-3-1-4-10-21)27-23-17-19-24(20-18-23)28-26(30)16-8-14-22-11-5-2-6-12-22/h1-6,9-12,17-20H,7-8,13-16H2,(H,27,29)(H,28,30). The van der Waals surface area contributed by atoms with Crippen molar-refractivity contribution in [1.29, 1.82) is 0 Å². The number of rotatable bonds is 10. The number of benzene rings is 3. The molecule has 154 valence electrons. The van der Waals surface area contributed by atoms with Crippen molar-refractivity contribution in [2.24, 2.45) is 0 Å². The summed E-state index contributed by atoms with van der Waals surface area (Å²) < 4.78 is 0. The van der Waals surface area contributed by atoms with Crippen LogP contribution in [0, 0.1) is 0 Å². The molecule has 2 amide bonds. The largest absolute Gasteiger partial charge is 0.326 e. The molecule has 0 aromatic heterocycles. The van der Waals surface area contributed by atoms with E-state index in [1.165, 1.54) is 11.1 Å². The first-order valence-electron chi connectivity index (χ1n) is 10.5. The van der Waals surface area contributed by atoms with Crippen molar-refractivity contribution in [3.63, 3.8) is 0 Å². The Bertz CT molecular complexity index is 844. The van der Waals surface area contributed by atoms with Gasteiger partial charge in [-0.1, -0.05) is 60.7 Å². The summed E-state index contributed by atoms with van der Waals surface area (Å²) in [5, 5.41) is 5.82. The fourth-order valence-electron chi connectivity index (χ4n) is 3.28. The first-order chi connectivity index (χ1) is 14.7. The van der Waals surface area contributed by atoms with Crippen molar-refractivity contribution in [2.75, 3.05) is 10.6 Å². The molecule has 2 N–H and O–H groups in total. The van der Waals surface area contributed by atoms with E-state index in [9.17, 15) is 9.59 Å². The Kier molecular flexibility index (Phi) is 8.22. The lowest BCUT2D eigenvalue weighted by Crippen LogP contribution is -2.13. The second-order valence-corrected chi connectivity index (χ2v) is 7.35. The summed E-state index contributed by atoms with van der Waals surface area (Å²) in [6.45, 7) is 0. The van der Waals surface area contributed by atoms with E-state index in [2.05, 4.69) is 34.9 Å². The number of hydrogen-bond donors (Lipinski definition) is 2. The Morgan fingerprint density at radius 1 is 0.533 bits per heavy atom. The van der Waals surface area contributed by atoms with Gasteiger partial charge < -0.3 is 10.6 Å². The molecule has 3 aromatic carbocycles. The Labute approximate surface area is 178 Å². The van der Waals surface area contributed by atoms with Gasteiger partial charge in [0.25, 0.3) is 0 Å². The second kappa shape index (κ2) is 11.6. The highest BCUT2D eigenvalue weighted by Crippen LogP contribution is 2.15. The molecular formula is C26H28N2O2. The molecule has 3 aromatic rings. The Balaban J connectivity index is 1.35. The van der Waals surface area contributed by atoms with E-state index in [0.717, 1.165) is 37.1 Å². The molecule has 0 radical (unpaired) electrons. The summed E-state index contributed by atoms with van der Waals surface area (Å²) in [5.41, 5.74) is 3.96. The molecule has 0 unspecified atom stereocenters. The van der Waals surface area contributed by atoms with Crippen molar-refractivity contribution in [1.82, 2.24) is 0 Å². The van der Waals surface area contributed by atoms with Crippen LogP contribution in [-0.2, 0) is 22.4 Å². The highest BCUT2D eigenvalue weighted by Gasteiger charge is 2.05. The van der Waals surface area contributed by atoms with Crippen LogP contribution in [0.3, 0.4) is 0 Å². The molecule has 3 rings (SSSR count). The molecular weight excluding hydrogens is 372 g/mol. The smallest absolute Gasteiger partial charge is 0.224 e. The minimum absolute atomic E-state index is 0.00336. The third kappa shape index (κ3) is 7.55. The van der Waals surface area contributed by atoms with Gasteiger partial charge in [0.05, 0.1) is 0 Å². The Morgan fingerprint density at radius 2 is 0.900 bits per heavy atom. The van der Waals surface area contributed by atoms with E-state index in [-0.39, 0.29) is 11.8 Å². The van der Waals surface area contributed by atoms with Gasteiger partial charge in [-0.3, -0.25) is 9.59 Å². The number of anilines is 2. The third-order valence-corrected chi connectivity index (χ3v) is 4.88. The molecule has 0 bridgehead atoms. The van der Waals surface area contributed by atoms with Crippen LogP contribution in [-0.4, -0.2) is 11.8 Å². The van der Waals surface area contributed by atoms with Crippen LogP contribution < -0.4 is 10.6 Å². The summed E-state index contributed by atoms with van der Waals surface area (Å²) >= 11 is 0. The normalized spacial score (nSPS) is 10.4. The number of aryl methyl sites for hydroxylation is 2. The first-order valence-corrected chi connectivity index (χ1v) is 10.5. The zero-order valence-corrected chi connectivity index (χ0v) is 17.1. The van der Waals surface area contributed by atoms with Crippen LogP contribution in [0.2, 0.25) is 0 Å². The van der Waals surface area contributed by atoms with Crippen LogP contribution in [0.1, 0.15) is 36.8 Å². The second-order valence-electron chi connectivity index (χ2n) is 7.35. The van der Waals surface area contributed by atoms with Crippen LogP contribution in [0.15, 0.2) is 84.9 Å². The van der Waals surface area contributed by atoms with Crippen molar-refractivity contribution in [2.45, 2.75) is 38.5 Å². The minimum Gasteiger partial charge on any atom is -0.326 e. The molecule has 0 aliphatic heterocycles. The predicted octanol–water partition coefficient (Wildman–Crippen LogP) is 5.61. The average molecular weight is 401 g/mol. The lowest BCUT2D eigenvalue weighted by Gasteiger charge is -2.08. The summed E-state index contributed by atoms with van der Waals surface area (Å²) in [4.78, 5) is 24.2. The maximum absolute atomic E-state index is 12.1. The Hall–Kier alpha value is -3.40. The van der Waals surface area contributed by atoms with Crippen LogP contribution in [0.25, 0.3) is 0 Å². The summed E-state index contributed by atoms with van der Waals surface area (Å²) in [5.74, 6) is 0.00672. The van der Waals surface area contributed by atoms with E-state index in [0.29, 0.717) is 12.8 Å². The van der Waals surface area contributed by atoms with Gasteiger partial charge in [-0.2, -0.15) is 0 Å². The third-order valence-electron chi connectivity index (χ3n) is 4.88. The molecule has 0 atom stereocenters. The highest BCUT2D eigenvalue weighted by molar-refractivity contribution is 5.92. The molecule has 0 aliphatic rings. The zero-order chi connectivity index (χ0) is 21.0. The van der Waals surface area contributed by atoms with Gasteiger partial charge in [-0.15, -0.1) is 0 Å². The quantitative estimate of drug-likeness (QED) is 0.465. The maximum Gasteiger partial charge on any atom is 0.224 e. The van der Waals surface area contributed by atoms with Gasteiger partial charge in [0.2, 0.25) is 11.8 Å². The van der Waals surface area contributed by atoms with Gasteiger partial charge >= 0.3 is 0 Å². The van der Waals surface area contributed by atoms with Crippen molar-refractivity contribution < 1.29 is 9.59 Å². The summed E-state index contributed by atoms with van der Waals surface area (Å²) in [7, 11) is 0. The van der Waals surface area contributed by atoms with Crippen LogP contribution in [0.4, 0.5) is 11.4 Å². The number of amides is 2. The maximum atomic E-state index is 12.1. The van der Waals surface area contributed by atoms with Crippen LogP contribution in [0.5, 0.6) is 0 Å². The lowest BCUT2D eigenvalue weighted by atomic mass is 10.1. The van der Waals surface area contributed by atoms with E-state index in [1.807, 2.05) is 60.7 Å². The molecule has 0 saturated heterocycles. The predicted molar refractivity (Wildman–Crippen MR) is 122 cm³/mol. The molecule has 0 spiro atoms. The average Bonchev–Trinajstić information content (AvgIpc) is 2.77. The van der Waals surface area contributed by atoms with E-state index < -0.39 is 0 Å². The van der Waals surface area contributed by atoms with Gasteiger partial charge in [-0.05, 0) is 61.1 Å². The van der Waals surface area contributed by atoms with E-state index in [1.54, 1.807) is 0 Å². The zero-order valence-electron chi connectivity index (χ0n) is 17.1. The number of nitrogens with one attached hydrogen (secondary N) is 2. The van der Waals surface area contributed by atoms with Gasteiger partial charge in [0.15, 0.2) is 0 Å². The summed E-state index contributed by atoms with van der Waals surface area (Å²) in [6.07, 6.45) is 4.37. The monoisotopic (exact) mass is 400 g/mol. The minimum atomic E-state index is 0.00336. The molecule has 0 saturated carbocycles. The summed E-state index contributed by atoms with van der Waals surface area (Å²) in [6, 6.07) is 27.6. The van der Waals surface area contributed by atoms with Crippen molar-refractivity contribution in [3.8, 4) is 0 Å². The van der Waals surface area contributed by atoms with Crippen LogP contribution >= 0.6 is 0 Å². The lowest BCUT2D eigenvalue weighted by molar-refractivity contribution is -0.117. The number of carbonyl (C=O) groups is 2. The number of carbonyl (C=O) groups excluding carboxylic acids is 2. The topological polar surface area (TPSA) is 58.2 Å². The van der Waals surface area contributed by atoms with Gasteiger partial charge in [0.1, 0.15) is 0 Å². The SMILES string of the molecule is O=C(CCCc1ccccc1)Nc1ccc(NC(=O)CCCc2ccccc2)cc1. The fraction of sp³-hybridized carbons (Fsp3) is 0.231. The van der Waals surface area contributed by atoms with E-state index >= 15 is 0 Å². The number of hydrogen-bond acceptors (Lipinski definition) is 2. The Morgan fingerprint density at radius 3 is 1.27 bits per heavy atom. The molecule has 0 fully saturated rings. The molecule has 30 heavy (non-hydrogen) atoms. The fourth-order valence-corrected chi connectivity index (χ4v) is 3.28. The molecule has 0 aliphatic carbocycles. The van der Waals surface area contributed by atoms with Crippen molar-refractivity contribution >= 4 is 23.2 Å². The molecule has 4 nitrogen and oxygen atoms in total. The van der Waals surface area contributed by atoms with E-state index in [4.69, 9.17) is 0 Å².